The van der Waals surface area contributed by atoms with Crippen molar-refractivity contribution in [2.24, 2.45) is 0 Å². The van der Waals surface area contributed by atoms with Crippen LogP contribution in [-0.2, 0) is 11.3 Å². The predicted octanol–water partition coefficient (Wildman–Crippen LogP) is 0.164. The second kappa shape index (κ2) is 6.17. The standard InChI is InChI=1S/C9H17N5OS/c1-10-4-5-14-9(11-12-13-14)16-8-3-2-6-15-7-8/h8,10H,2-7H2,1H3. The number of hydrogen-bond acceptors (Lipinski definition) is 6. The van der Waals surface area contributed by atoms with Gasteiger partial charge in [0, 0.05) is 18.4 Å². The van der Waals surface area contributed by atoms with E-state index in [1.165, 1.54) is 6.42 Å². The number of aromatic nitrogens is 4. The summed E-state index contributed by atoms with van der Waals surface area (Å²) in [5, 5.41) is 16.2. The predicted molar refractivity (Wildman–Crippen MR) is 61.4 cm³/mol. The third-order valence-corrected chi connectivity index (χ3v) is 3.67. The van der Waals surface area contributed by atoms with Gasteiger partial charge in [-0.05, 0) is 30.3 Å². The highest BCUT2D eigenvalue weighted by molar-refractivity contribution is 7.99. The molecule has 1 aliphatic heterocycles. The molecule has 0 spiro atoms. The zero-order chi connectivity index (χ0) is 11.2. The number of likely N-dealkylation sites (N-methyl/N-ethyl adjacent to an activating group) is 1. The van der Waals surface area contributed by atoms with Crippen molar-refractivity contribution in [3.05, 3.63) is 0 Å². The Morgan fingerprint density at radius 1 is 1.62 bits per heavy atom. The fourth-order valence-corrected chi connectivity index (χ4v) is 2.67. The van der Waals surface area contributed by atoms with Gasteiger partial charge >= 0.3 is 0 Å². The first-order valence-electron chi connectivity index (χ1n) is 5.55. The average molecular weight is 243 g/mol. The van der Waals surface area contributed by atoms with Gasteiger partial charge in [0.15, 0.2) is 0 Å². The first kappa shape index (κ1) is 11.8. The first-order chi connectivity index (χ1) is 7.90. The fourth-order valence-electron chi connectivity index (χ4n) is 1.59. The highest BCUT2D eigenvalue weighted by Crippen LogP contribution is 2.26. The van der Waals surface area contributed by atoms with E-state index in [1.807, 2.05) is 11.7 Å². The molecular formula is C9H17N5OS. The van der Waals surface area contributed by atoms with Crippen LogP contribution in [0.25, 0.3) is 0 Å². The first-order valence-corrected chi connectivity index (χ1v) is 6.43. The van der Waals surface area contributed by atoms with E-state index in [2.05, 4.69) is 20.8 Å². The van der Waals surface area contributed by atoms with E-state index < -0.39 is 0 Å². The number of thioether (sulfide) groups is 1. The lowest BCUT2D eigenvalue weighted by Gasteiger charge is -2.20. The van der Waals surface area contributed by atoms with Crippen LogP contribution in [0.4, 0.5) is 0 Å². The lowest BCUT2D eigenvalue weighted by molar-refractivity contribution is 0.101. The van der Waals surface area contributed by atoms with Gasteiger partial charge in [-0.3, -0.25) is 0 Å². The van der Waals surface area contributed by atoms with E-state index in [4.69, 9.17) is 4.74 Å². The molecule has 1 unspecified atom stereocenters. The minimum absolute atomic E-state index is 0.494. The van der Waals surface area contributed by atoms with Gasteiger partial charge in [-0.15, -0.1) is 5.10 Å². The van der Waals surface area contributed by atoms with Crippen LogP contribution in [-0.4, -0.2) is 52.3 Å². The van der Waals surface area contributed by atoms with Gasteiger partial charge in [-0.1, -0.05) is 11.8 Å². The van der Waals surface area contributed by atoms with Crippen molar-refractivity contribution < 1.29 is 4.74 Å². The van der Waals surface area contributed by atoms with Crippen LogP contribution >= 0.6 is 11.8 Å². The van der Waals surface area contributed by atoms with Gasteiger partial charge in [-0.2, -0.15) is 0 Å². The summed E-state index contributed by atoms with van der Waals surface area (Å²) < 4.78 is 7.28. The third kappa shape index (κ3) is 3.16. The Hall–Kier alpha value is -0.660. The maximum atomic E-state index is 5.44. The van der Waals surface area contributed by atoms with Gasteiger partial charge in [0.25, 0.3) is 0 Å². The summed E-state index contributed by atoms with van der Waals surface area (Å²) in [4.78, 5) is 0. The maximum Gasteiger partial charge on any atom is 0.209 e. The largest absolute Gasteiger partial charge is 0.380 e. The average Bonchev–Trinajstić information content (AvgIpc) is 2.75. The smallest absolute Gasteiger partial charge is 0.209 e. The SMILES string of the molecule is CNCCn1nnnc1SC1CCCOC1. The van der Waals surface area contributed by atoms with E-state index in [9.17, 15) is 0 Å². The highest BCUT2D eigenvalue weighted by Gasteiger charge is 2.18. The van der Waals surface area contributed by atoms with Crippen molar-refractivity contribution in [1.29, 1.82) is 0 Å². The summed E-state index contributed by atoms with van der Waals surface area (Å²) in [6.45, 7) is 3.38. The topological polar surface area (TPSA) is 64.9 Å². The number of nitrogens with one attached hydrogen (secondary N) is 1. The molecule has 0 aliphatic carbocycles. The Labute approximate surface area is 99.1 Å². The van der Waals surface area contributed by atoms with Crippen molar-refractivity contribution in [3.63, 3.8) is 0 Å². The molecule has 0 aromatic carbocycles. The van der Waals surface area contributed by atoms with Crippen LogP contribution in [0.3, 0.4) is 0 Å². The number of hydrogen-bond donors (Lipinski definition) is 1. The minimum atomic E-state index is 0.494. The Morgan fingerprint density at radius 2 is 2.56 bits per heavy atom. The van der Waals surface area contributed by atoms with Gasteiger partial charge in [0.1, 0.15) is 0 Å². The molecule has 1 aliphatic rings. The Bertz CT molecular complexity index is 313. The number of tetrazole rings is 1. The molecule has 2 rings (SSSR count). The van der Waals surface area contributed by atoms with Crippen molar-refractivity contribution in [2.75, 3.05) is 26.8 Å². The van der Waals surface area contributed by atoms with Crippen molar-refractivity contribution in [1.82, 2.24) is 25.5 Å². The van der Waals surface area contributed by atoms with Crippen LogP contribution in [0, 0.1) is 0 Å². The maximum absolute atomic E-state index is 5.44. The zero-order valence-corrected chi connectivity index (χ0v) is 10.2. The molecular weight excluding hydrogens is 226 g/mol. The van der Waals surface area contributed by atoms with Gasteiger partial charge in [-0.25, -0.2) is 4.68 Å². The molecule has 2 heterocycles. The van der Waals surface area contributed by atoms with E-state index in [0.717, 1.165) is 37.9 Å². The summed E-state index contributed by atoms with van der Waals surface area (Å²) in [5.74, 6) is 0. The zero-order valence-electron chi connectivity index (χ0n) is 9.43. The normalized spacial score (nSPS) is 21.2. The van der Waals surface area contributed by atoms with E-state index >= 15 is 0 Å². The summed E-state index contributed by atoms with van der Waals surface area (Å²) >= 11 is 1.72. The molecule has 6 nitrogen and oxygen atoms in total. The van der Waals surface area contributed by atoms with Crippen molar-refractivity contribution in [3.8, 4) is 0 Å². The van der Waals surface area contributed by atoms with Crippen molar-refractivity contribution in [2.45, 2.75) is 29.8 Å². The van der Waals surface area contributed by atoms with Crippen LogP contribution in [0.2, 0.25) is 0 Å². The molecule has 1 aromatic heterocycles. The fraction of sp³-hybridized carbons (Fsp3) is 0.889. The summed E-state index contributed by atoms with van der Waals surface area (Å²) in [5.41, 5.74) is 0. The summed E-state index contributed by atoms with van der Waals surface area (Å²) in [7, 11) is 1.92. The monoisotopic (exact) mass is 243 g/mol. The molecule has 0 bridgehead atoms. The molecule has 1 saturated heterocycles. The summed E-state index contributed by atoms with van der Waals surface area (Å²) in [6, 6.07) is 0. The van der Waals surface area contributed by atoms with Crippen molar-refractivity contribution >= 4 is 11.8 Å². The number of ether oxygens (including phenoxy) is 1. The third-order valence-electron chi connectivity index (χ3n) is 2.46. The number of rotatable bonds is 5. The second-order valence-electron chi connectivity index (χ2n) is 3.75. The molecule has 90 valence electrons. The Morgan fingerprint density at radius 3 is 3.31 bits per heavy atom. The lowest BCUT2D eigenvalue weighted by Crippen LogP contribution is -2.21. The van der Waals surface area contributed by atoms with Crippen LogP contribution in [0.1, 0.15) is 12.8 Å². The van der Waals surface area contributed by atoms with E-state index in [1.54, 1.807) is 11.8 Å². The van der Waals surface area contributed by atoms with Crippen LogP contribution in [0.5, 0.6) is 0 Å². The quantitative estimate of drug-likeness (QED) is 0.795. The Kier molecular flexibility index (Phi) is 4.55. The van der Waals surface area contributed by atoms with Crippen LogP contribution < -0.4 is 5.32 Å². The van der Waals surface area contributed by atoms with Crippen LogP contribution in [0.15, 0.2) is 5.16 Å². The van der Waals surface area contributed by atoms with Gasteiger partial charge in [0.05, 0.1) is 13.2 Å². The molecule has 1 N–H and O–H groups in total. The summed E-state index contributed by atoms with van der Waals surface area (Å²) in [6.07, 6.45) is 2.32. The Balaban J connectivity index is 1.89. The molecule has 0 saturated carbocycles. The van der Waals surface area contributed by atoms with E-state index in [0.29, 0.717) is 5.25 Å². The molecule has 1 fully saturated rings. The minimum Gasteiger partial charge on any atom is -0.380 e. The molecule has 0 amide bonds. The lowest BCUT2D eigenvalue weighted by atomic mass is 10.2. The van der Waals surface area contributed by atoms with E-state index in [-0.39, 0.29) is 0 Å². The molecule has 0 radical (unpaired) electrons. The molecule has 16 heavy (non-hydrogen) atoms. The molecule has 1 aromatic rings. The highest BCUT2D eigenvalue weighted by atomic mass is 32.2. The van der Waals surface area contributed by atoms with Gasteiger partial charge < -0.3 is 10.1 Å². The van der Waals surface area contributed by atoms with Gasteiger partial charge in [0.2, 0.25) is 5.16 Å². The molecule has 7 heteroatoms. The molecule has 1 atom stereocenters. The second-order valence-corrected chi connectivity index (χ2v) is 5.01. The number of nitrogens with zero attached hydrogens (tertiary/aromatic N) is 4.